The van der Waals surface area contributed by atoms with Crippen molar-refractivity contribution in [2.45, 2.75) is 6.42 Å². The van der Waals surface area contributed by atoms with Gasteiger partial charge in [0, 0.05) is 38.9 Å². The van der Waals surface area contributed by atoms with E-state index in [9.17, 15) is 9.90 Å². The van der Waals surface area contributed by atoms with Crippen LogP contribution >= 0.6 is 22.9 Å². The van der Waals surface area contributed by atoms with Crippen LogP contribution in [0, 0.1) is 0 Å². The van der Waals surface area contributed by atoms with Gasteiger partial charge >= 0.3 is 0 Å². The summed E-state index contributed by atoms with van der Waals surface area (Å²) in [6.45, 7) is 0. The Morgan fingerprint density at radius 2 is 2.04 bits per heavy atom. The molecule has 3 rings (SSSR count). The first-order valence-corrected chi connectivity index (χ1v) is 8.08. The Hall–Kier alpha value is -2.45. The van der Waals surface area contributed by atoms with E-state index in [0.29, 0.717) is 21.5 Å². The van der Waals surface area contributed by atoms with Crippen LogP contribution in [0.2, 0.25) is 4.34 Å². The molecule has 9 heteroatoms. The Labute approximate surface area is 146 Å². The molecule has 0 unspecified atom stereocenters. The normalized spacial score (nSPS) is 10.8. The number of carbonyl (C=O) groups excluding carboxylic acids is 1. The third-order valence-electron chi connectivity index (χ3n) is 3.09. The van der Waals surface area contributed by atoms with E-state index in [1.54, 1.807) is 29.4 Å². The Kier molecular flexibility index (Phi) is 4.50. The van der Waals surface area contributed by atoms with Crippen LogP contribution in [-0.2, 0) is 11.2 Å². The van der Waals surface area contributed by atoms with E-state index in [1.165, 1.54) is 11.3 Å². The SMILES string of the molecule is CN(C)c1ncc(-c2nc(-c3ccc(Cl)s3)c(CC(=O)[O-])o2)cn1. The van der Waals surface area contributed by atoms with Crippen molar-refractivity contribution in [2.24, 2.45) is 0 Å². The molecule has 0 aliphatic rings. The largest absolute Gasteiger partial charge is 0.550 e. The summed E-state index contributed by atoms with van der Waals surface area (Å²) in [4.78, 5) is 26.2. The van der Waals surface area contributed by atoms with Crippen molar-refractivity contribution >= 4 is 34.9 Å². The number of halogens is 1. The third kappa shape index (κ3) is 3.39. The molecule has 0 fully saturated rings. The molecule has 24 heavy (non-hydrogen) atoms. The number of rotatable bonds is 5. The zero-order valence-corrected chi connectivity index (χ0v) is 14.4. The van der Waals surface area contributed by atoms with E-state index < -0.39 is 5.97 Å². The molecule has 0 bridgehead atoms. The Balaban J connectivity index is 2.02. The summed E-state index contributed by atoms with van der Waals surface area (Å²) in [6.07, 6.45) is 2.76. The van der Waals surface area contributed by atoms with Gasteiger partial charge in [-0.2, -0.15) is 0 Å². The van der Waals surface area contributed by atoms with Crippen LogP contribution in [0.3, 0.4) is 0 Å². The molecule has 3 heterocycles. The molecule has 0 amide bonds. The number of thiophene rings is 1. The summed E-state index contributed by atoms with van der Waals surface area (Å²) in [7, 11) is 3.66. The van der Waals surface area contributed by atoms with E-state index in [0.717, 1.165) is 4.88 Å². The van der Waals surface area contributed by atoms with Gasteiger partial charge in [-0.05, 0) is 12.1 Å². The summed E-state index contributed by atoms with van der Waals surface area (Å²) in [6, 6.07) is 3.48. The Bertz CT molecular complexity index is 873. The zero-order valence-electron chi connectivity index (χ0n) is 12.8. The molecule has 0 aromatic carbocycles. The van der Waals surface area contributed by atoms with Crippen LogP contribution in [0.1, 0.15) is 5.76 Å². The maximum atomic E-state index is 11.0. The van der Waals surface area contributed by atoms with Gasteiger partial charge in [-0.1, -0.05) is 11.6 Å². The second-order valence-corrected chi connectivity index (χ2v) is 6.82. The maximum Gasteiger partial charge on any atom is 0.230 e. The average molecular weight is 364 g/mol. The van der Waals surface area contributed by atoms with Gasteiger partial charge in [0.05, 0.1) is 14.8 Å². The molecular formula is C15H12ClN4O3S-. The average Bonchev–Trinajstić information content (AvgIpc) is 3.13. The molecule has 0 spiro atoms. The summed E-state index contributed by atoms with van der Waals surface area (Å²) >= 11 is 7.23. The molecule has 3 aromatic heterocycles. The van der Waals surface area contributed by atoms with Crippen molar-refractivity contribution in [3.8, 4) is 22.0 Å². The van der Waals surface area contributed by atoms with Gasteiger partial charge in [-0.25, -0.2) is 15.0 Å². The van der Waals surface area contributed by atoms with Crippen molar-refractivity contribution in [3.63, 3.8) is 0 Å². The molecular weight excluding hydrogens is 352 g/mol. The summed E-state index contributed by atoms with van der Waals surface area (Å²) in [5, 5.41) is 11.0. The fourth-order valence-corrected chi connectivity index (χ4v) is 3.07. The number of aliphatic carboxylic acids is 1. The first kappa shape index (κ1) is 16.4. The number of nitrogens with zero attached hydrogens (tertiary/aromatic N) is 4. The van der Waals surface area contributed by atoms with E-state index in [1.807, 2.05) is 14.1 Å². The quantitative estimate of drug-likeness (QED) is 0.682. The lowest BCUT2D eigenvalue weighted by molar-refractivity contribution is -0.305. The van der Waals surface area contributed by atoms with E-state index in [2.05, 4.69) is 15.0 Å². The predicted octanol–water partition coefficient (Wildman–Crippen LogP) is 1.87. The Morgan fingerprint density at radius 3 is 2.58 bits per heavy atom. The van der Waals surface area contributed by atoms with E-state index in [4.69, 9.17) is 16.0 Å². The summed E-state index contributed by atoms with van der Waals surface area (Å²) < 4.78 is 6.19. The summed E-state index contributed by atoms with van der Waals surface area (Å²) in [5.74, 6) is -0.248. The number of carboxylic acid groups (broad SMARTS) is 1. The second-order valence-electron chi connectivity index (χ2n) is 5.11. The van der Waals surface area contributed by atoms with Crippen LogP contribution in [-0.4, -0.2) is 35.0 Å². The van der Waals surface area contributed by atoms with Gasteiger partial charge in [0.25, 0.3) is 0 Å². The minimum atomic E-state index is -1.25. The molecule has 124 valence electrons. The van der Waals surface area contributed by atoms with Crippen molar-refractivity contribution in [1.82, 2.24) is 15.0 Å². The first-order valence-electron chi connectivity index (χ1n) is 6.89. The lowest BCUT2D eigenvalue weighted by atomic mass is 10.2. The lowest BCUT2D eigenvalue weighted by Gasteiger charge is -2.08. The zero-order chi connectivity index (χ0) is 17.3. The molecule has 0 atom stereocenters. The number of anilines is 1. The van der Waals surface area contributed by atoms with E-state index >= 15 is 0 Å². The maximum absolute atomic E-state index is 11.0. The van der Waals surface area contributed by atoms with Gasteiger partial charge in [0.1, 0.15) is 11.5 Å². The lowest BCUT2D eigenvalue weighted by Crippen LogP contribution is -2.24. The van der Waals surface area contributed by atoms with Crippen molar-refractivity contribution in [1.29, 1.82) is 0 Å². The molecule has 0 radical (unpaired) electrons. The Morgan fingerprint density at radius 1 is 1.33 bits per heavy atom. The second kappa shape index (κ2) is 6.58. The topological polar surface area (TPSA) is 95.2 Å². The molecule has 0 aliphatic carbocycles. The van der Waals surface area contributed by atoms with Gasteiger partial charge in [0.2, 0.25) is 11.8 Å². The number of aromatic nitrogens is 3. The highest BCUT2D eigenvalue weighted by Gasteiger charge is 2.18. The third-order valence-corrected chi connectivity index (χ3v) is 4.33. The molecule has 0 saturated heterocycles. The number of oxazole rings is 1. The number of hydrogen-bond donors (Lipinski definition) is 0. The van der Waals surface area contributed by atoms with Gasteiger partial charge < -0.3 is 19.2 Å². The van der Waals surface area contributed by atoms with Gasteiger partial charge in [-0.3, -0.25) is 0 Å². The van der Waals surface area contributed by atoms with Crippen molar-refractivity contribution in [2.75, 3.05) is 19.0 Å². The molecule has 0 saturated carbocycles. The number of hydrogen-bond acceptors (Lipinski definition) is 8. The highest BCUT2D eigenvalue weighted by atomic mass is 35.5. The minimum absolute atomic E-state index is 0.209. The predicted molar refractivity (Wildman–Crippen MR) is 88.9 cm³/mol. The highest BCUT2D eigenvalue weighted by molar-refractivity contribution is 7.19. The van der Waals surface area contributed by atoms with Crippen LogP contribution in [0.25, 0.3) is 22.0 Å². The van der Waals surface area contributed by atoms with Crippen LogP contribution in [0.15, 0.2) is 28.9 Å². The van der Waals surface area contributed by atoms with Crippen LogP contribution in [0.5, 0.6) is 0 Å². The molecule has 3 aromatic rings. The van der Waals surface area contributed by atoms with Crippen LogP contribution in [0.4, 0.5) is 5.95 Å². The standard InChI is InChI=1S/C15H13ClN4O3S/c1-20(2)15-17-6-8(7-18-15)14-19-13(9(23-14)5-12(21)22)10-3-4-11(16)24-10/h3-4,6-7H,5H2,1-2H3,(H,21,22)/p-1. The smallest absolute Gasteiger partial charge is 0.230 e. The molecule has 7 nitrogen and oxygen atoms in total. The fraction of sp³-hybridized carbons (Fsp3) is 0.200. The fourth-order valence-electron chi connectivity index (χ4n) is 2.02. The van der Waals surface area contributed by atoms with Gasteiger partial charge in [-0.15, -0.1) is 11.3 Å². The van der Waals surface area contributed by atoms with Crippen molar-refractivity contribution < 1.29 is 14.3 Å². The molecule has 0 N–H and O–H groups in total. The summed E-state index contributed by atoms with van der Waals surface area (Å²) in [5.41, 5.74) is 0.983. The van der Waals surface area contributed by atoms with Gasteiger partial charge in [0.15, 0.2) is 0 Å². The minimum Gasteiger partial charge on any atom is -0.550 e. The molecule has 0 aliphatic heterocycles. The monoisotopic (exact) mass is 363 g/mol. The number of carboxylic acids is 1. The van der Waals surface area contributed by atoms with Crippen LogP contribution < -0.4 is 10.0 Å². The number of carbonyl (C=O) groups is 1. The highest BCUT2D eigenvalue weighted by Crippen LogP contribution is 2.35. The first-order chi connectivity index (χ1) is 11.4. The van der Waals surface area contributed by atoms with Crippen molar-refractivity contribution in [3.05, 3.63) is 34.6 Å². The van der Waals surface area contributed by atoms with E-state index in [-0.39, 0.29) is 18.1 Å².